The maximum Gasteiger partial charge on any atom is 0.119 e. The summed E-state index contributed by atoms with van der Waals surface area (Å²) in [6.45, 7) is 9.80. The molecule has 0 aliphatic carbocycles. The third-order valence-corrected chi connectivity index (χ3v) is 2.99. The normalized spacial score (nSPS) is 11.2. The number of hydrogen-bond acceptors (Lipinski definition) is 1. The molecule has 0 saturated heterocycles. The van der Waals surface area contributed by atoms with E-state index >= 15 is 0 Å². The molecule has 0 N–H and O–H groups in total. The summed E-state index contributed by atoms with van der Waals surface area (Å²) in [5.74, 6) is 2.40. The Labute approximate surface area is 106 Å². The summed E-state index contributed by atoms with van der Waals surface area (Å²) in [5, 5.41) is 0. The van der Waals surface area contributed by atoms with Gasteiger partial charge >= 0.3 is 0 Å². The van der Waals surface area contributed by atoms with Gasteiger partial charge in [-0.15, -0.1) is 0 Å². The van der Waals surface area contributed by atoms with E-state index in [0.717, 1.165) is 24.7 Å². The fourth-order valence-corrected chi connectivity index (χ4v) is 1.79. The standard InChI is InChI=1S/C16H26O/c1-13(2)7-5-6-12-17-16-10-8-15(9-11-16)14(3)4/h8-11,13-14H,5-7,12H2,1-4H3. The third kappa shape index (κ3) is 5.76. The van der Waals surface area contributed by atoms with Gasteiger partial charge in [0.25, 0.3) is 0 Å². The van der Waals surface area contributed by atoms with Crippen molar-refractivity contribution in [3.05, 3.63) is 29.8 Å². The maximum atomic E-state index is 5.72. The minimum Gasteiger partial charge on any atom is -0.494 e. The van der Waals surface area contributed by atoms with Crippen molar-refractivity contribution in [2.75, 3.05) is 6.61 Å². The van der Waals surface area contributed by atoms with Crippen LogP contribution >= 0.6 is 0 Å². The highest BCUT2D eigenvalue weighted by atomic mass is 16.5. The minimum absolute atomic E-state index is 0.593. The molecule has 96 valence electrons. The topological polar surface area (TPSA) is 9.23 Å². The predicted molar refractivity (Wildman–Crippen MR) is 74.7 cm³/mol. The summed E-state index contributed by atoms with van der Waals surface area (Å²) < 4.78 is 5.72. The van der Waals surface area contributed by atoms with Gasteiger partial charge < -0.3 is 4.74 Å². The van der Waals surface area contributed by atoms with E-state index in [1.54, 1.807) is 0 Å². The summed E-state index contributed by atoms with van der Waals surface area (Å²) in [5.41, 5.74) is 1.37. The smallest absolute Gasteiger partial charge is 0.119 e. The molecule has 0 aromatic heterocycles. The Bertz CT molecular complexity index is 298. The van der Waals surface area contributed by atoms with Crippen LogP contribution in [0.25, 0.3) is 0 Å². The molecule has 0 atom stereocenters. The first-order chi connectivity index (χ1) is 8.09. The zero-order valence-corrected chi connectivity index (χ0v) is 11.7. The number of unbranched alkanes of at least 4 members (excludes halogenated alkanes) is 1. The Hall–Kier alpha value is -0.980. The van der Waals surface area contributed by atoms with Crippen LogP contribution in [0.15, 0.2) is 24.3 Å². The Kier molecular flexibility index (Phi) is 6.10. The molecule has 0 saturated carbocycles. The highest BCUT2D eigenvalue weighted by Crippen LogP contribution is 2.18. The Morgan fingerprint density at radius 1 is 0.941 bits per heavy atom. The molecule has 1 aromatic carbocycles. The lowest BCUT2D eigenvalue weighted by Crippen LogP contribution is -1.98. The van der Waals surface area contributed by atoms with E-state index in [1.165, 1.54) is 18.4 Å². The first kappa shape index (κ1) is 14.1. The van der Waals surface area contributed by atoms with E-state index in [4.69, 9.17) is 4.74 Å². The van der Waals surface area contributed by atoms with Crippen molar-refractivity contribution in [1.82, 2.24) is 0 Å². The quantitative estimate of drug-likeness (QED) is 0.602. The van der Waals surface area contributed by atoms with Crippen LogP contribution < -0.4 is 4.74 Å². The molecule has 1 heteroatoms. The Balaban J connectivity index is 2.23. The van der Waals surface area contributed by atoms with Crippen molar-refractivity contribution in [3.63, 3.8) is 0 Å². The number of rotatable bonds is 7. The van der Waals surface area contributed by atoms with E-state index in [-0.39, 0.29) is 0 Å². The summed E-state index contributed by atoms with van der Waals surface area (Å²) in [4.78, 5) is 0. The zero-order chi connectivity index (χ0) is 12.7. The Morgan fingerprint density at radius 3 is 2.12 bits per heavy atom. The van der Waals surface area contributed by atoms with Gasteiger partial charge in [0.05, 0.1) is 6.61 Å². The lowest BCUT2D eigenvalue weighted by Gasteiger charge is -2.09. The van der Waals surface area contributed by atoms with Gasteiger partial charge in [0.1, 0.15) is 5.75 Å². The molecule has 0 spiro atoms. The largest absolute Gasteiger partial charge is 0.494 e. The van der Waals surface area contributed by atoms with Gasteiger partial charge in [0, 0.05) is 0 Å². The van der Waals surface area contributed by atoms with Crippen molar-refractivity contribution in [2.24, 2.45) is 5.92 Å². The number of hydrogen-bond donors (Lipinski definition) is 0. The molecule has 0 fully saturated rings. The lowest BCUT2D eigenvalue weighted by atomic mass is 10.0. The van der Waals surface area contributed by atoms with Crippen molar-refractivity contribution in [2.45, 2.75) is 52.9 Å². The average Bonchev–Trinajstić information content (AvgIpc) is 2.29. The lowest BCUT2D eigenvalue weighted by molar-refractivity contribution is 0.301. The van der Waals surface area contributed by atoms with Crippen LogP contribution in [0.5, 0.6) is 5.75 Å². The molecule has 0 aliphatic heterocycles. The second kappa shape index (κ2) is 7.37. The first-order valence-corrected chi connectivity index (χ1v) is 6.82. The van der Waals surface area contributed by atoms with Gasteiger partial charge in [-0.2, -0.15) is 0 Å². The molecular formula is C16H26O. The number of ether oxygens (including phenoxy) is 1. The molecule has 0 heterocycles. The van der Waals surface area contributed by atoms with E-state index in [2.05, 4.69) is 52.0 Å². The monoisotopic (exact) mass is 234 g/mol. The summed E-state index contributed by atoms with van der Waals surface area (Å²) in [6.07, 6.45) is 3.72. The summed E-state index contributed by atoms with van der Waals surface area (Å²) in [7, 11) is 0. The van der Waals surface area contributed by atoms with Gasteiger partial charge in [0.15, 0.2) is 0 Å². The Morgan fingerprint density at radius 2 is 1.59 bits per heavy atom. The molecule has 1 rings (SSSR count). The van der Waals surface area contributed by atoms with E-state index in [1.807, 2.05) is 0 Å². The maximum absolute atomic E-state index is 5.72. The molecule has 1 aromatic rings. The van der Waals surface area contributed by atoms with Crippen LogP contribution in [0.3, 0.4) is 0 Å². The van der Waals surface area contributed by atoms with Gasteiger partial charge in [-0.3, -0.25) is 0 Å². The second-order valence-electron chi connectivity index (χ2n) is 5.46. The fourth-order valence-electron chi connectivity index (χ4n) is 1.79. The second-order valence-corrected chi connectivity index (χ2v) is 5.46. The van der Waals surface area contributed by atoms with Crippen LogP contribution in [0, 0.1) is 5.92 Å². The summed E-state index contributed by atoms with van der Waals surface area (Å²) in [6, 6.07) is 8.48. The molecule has 17 heavy (non-hydrogen) atoms. The minimum atomic E-state index is 0.593. The van der Waals surface area contributed by atoms with E-state index < -0.39 is 0 Å². The molecule has 0 bridgehead atoms. The third-order valence-electron chi connectivity index (χ3n) is 2.99. The van der Waals surface area contributed by atoms with E-state index in [9.17, 15) is 0 Å². The van der Waals surface area contributed by atoms with Gasteiger partial charge in [-0.25, -0.2) is 0 Å². The molecule has 0 aliphatic rings. The van der Waals surface area contributed by atoms with Crippen LogP contribution in [0.2, 0.25) is 0 Å². The highest BCUT2D eigenvalue weighted by molar-refractivity contribution is 5.28. The molecular weight excluding hydrogens is 208 g/mol. The fraction of sp³-hybridized carbons (Fsp3) is 0.625. The first-order valence-electron chi connectivity index (χ1n) is 6.82. The van der Waals surface area contributed by atoms with Gasteiger partial charge in [-0.1, -0.05) is 46.2 Å². The molecule has 1 nitrogen and oxygen atoms in total. The molecule has 0 amide bonds. The van der Waals surface area contributed by atoms with Crippen molar-refractivity contribution in [3.8, 4) is 5.75 Å². The van der Waals surface area contributed by atoms with Gasteiger partial charge in [0.2, 0.25) is 0 Å². The summed E-state index contributed by atoms with van der Waals surface area (Å²) >= 11 is 0. The van der Waals surface area contributed by atoms with Crippen LogP contribution in [0.4, 0.5) is 0 Å². The predicted octanol–water partition coefficient (Wildman–Crippen LogP) is 5.02. The number of benzene rings is 1. The average molecular weight is 234 g/mol. The van der Waals surface area contributed by atoms with Crippen LogP contribution in [-0.2, 0) is 0 Å². The van der Waals surface area contributed by atoms with E-state index in [0.29, 0.717) is 5.92 Å². The molecule has 0 unspecified atom stereocenters. The SMILES string of the molecule is CC(C)CCCCOc1ccc(C(C)C)cc1. The van der Waals surface area contributed by atoms with Crippen LogP contribution in [0.1, 0.15) is 58.4 Å². The van der Waals surface area contributed by atoms with Crippen molar-refractivity contribution >= 4 is 0 Å². The highest BCUT2D eigenvalue weighted by Gasteiger charge is 1.99. The molecule has 0 radical (unpaired) electrons. The van der Waals surface area contributed by atoms with Crippen LogP contribution in [-0.4, -0.2) is 6.61 Å². The van der Waals surface area contributed by atoms with Crippen molar-refractivity contribution < 1.29 is 4.74 Å². The zero-order valence-electron chi connectivity index (χ0n) is 11.7. The van der Waals surface area contributed by atoms with Gasteiger partial charge in [-0.05, 0) is 42.4 Å². The van der Waals surface area contributed by atoms with Crippen molar-refractivity contribution in [1.29, 1.82) is 0 Å².